The largest absolute Gasteiger partial charge is 0.377 e. The van der Waals surface area contributed by atoms with Crippen LogP contribution >= 0.6 is 0 Å². The normalized spacial score (nSPS) is 19.0. The fourth-order valence-corrected chi connectivity index (χ4v) is 4.00. The number of sulfone groups is 1. The first kappa shape index (κ1) is 14.3. The van der Waals surface area contributed by atoms with Crippen molar-refractivity contribution in [3.63, 3.8) is 0 Å². The van der Waals surface area contributed by atoms with E-state index in [0.717, 1.165) is 18.4 Å². The summed E-state index contributed by atoms with van der Waals surface area (Å²) in [4.78, 5) is 0. The van der Waals surface area contributed by atoms with E-state index in [4.69, 9.17) is 9.26 Å². The van der Waals surface area contributed by atoms with E-state index in [9.17, 15) is 8.42 Å². The molecule has 0 N–H and O–H groups in total. The quantitative estimate of drug-likeness (QED) is 0.848. The first-order chi connectivity index (χ1) is 10.1. The molecule has 0 bridgehead atoms. The minimum atomic E-state index is -3.23. The van der Waals surface area contributed by atoms with Gasteiger partial charge in [-0.1, -0.05) is 35.5 Å². The second kappa shape index (κ2) is 5.99. The lowest BCUT2D eigenvalue weighted by Crippen LogP contribution is -2.21. The Balaban J connectivity index is 1.69. The van der Waals surface area contributed by atoms with Crippen molar-refractivity contribution < 1.29 is 17.7 Å². The van der Waals surface area contributed by atoms with Gasteiger partial charge in [-0.25, -0.2) is 8.42 Å². The summed E-state index contributed by atoms with van der Waals surface area (Å²) < 4.78 is 34.9. The highest BCUT2D eigenvalue weighted by Crippen LogP contribution is 2.22. The SMILES string of the molecule is O=S(=O)(Cc1cc(-c2ccccc2)on1)CC1CCCO1. The van der Waals surface area contributed by atoms with Crippen molar-refractivity contribution >= 4 is 9.84 Å². The molecule has 1 unspecified atom stereocenters. The number of ether oxygens (including phenoxy) is 1. The van der Waals surface area contributed by atoms with Gasteiger partial charge in [0.15, 0.2) is 15.6 Å². The maximum atomic E-state index is 12.1. The summed E-state index contributed by atoms with van der Waals surface area (Å²) in [5.74, 6) is 0.530. The zero-order chi connectivity index (χ0) is 14.7. The van der Waals surface area contributed by atoms with Crippen LogP contribution in [0, 0.1) is 0 Å². The lowest BCUT2D eigenvalue weighted by Gasteiger charge is -2.08. The Hall–Kier alpha value is -1.66. The van der Waals surface area contributed by atoms with Crippen molar-refractivity contribution in [3.8, 4) is 11.3 Å². The highest BCUT2D eigenvalue weighted by molar-refractivity contribution is 7.90. The number of rotatable bonds is 5. The van der Waals surface area contributed by atoms with Crippen molar-refractivity contribution in [2.75, 3.05) is 12.4 Å². The summed E-state index contributed by atoms with van der Waals surface area (Å²) in [6.45, 7) is 0.655. The summed E-state index contributed by atoms with van der Waals surface area (Å²) in [5, 5.41) is 3.86. The molecule has 0 aliphatic carbocycles. The molecule has 6 heteroatoms. The summed E-state index contributed by atoms with van der Waals surface area (Å²) in [5.41, 5.74) is 1.32. The Morgan fingerprint density at radius 1 is 1.24 bits per heavy atom. The van der Waals surface area contributed by atoms with Gasteiger partial charge in [0.2, 0.25) is 0 Å². The molecule has 0 radical (unpaired) electrons. The Labute approximate surface area is 123 Å². The molecule has 1 aliphatic rings. The molecule has 0 saturated carbocycles. The Bertz CT molecular complexity index is 687. The topological polar surface area (TPSA) is 69.4 Å². The maximum Gasteiger partial charge on any atom is 0.167 e. The highest BCUT2D eigenvalue weighted by Gasteiger charge is 2.24. The second-order valence-electron chi connectivity index (χ2n) is 5.24. The van der Waals surface area contributed by atoms with E-state index < -0.39 is 9.84 Å². The van der Waals surface area contributed by atoms with Crippen molar-refractivity contribution in [1.29, 1.82) is 0 Å². The van der Waals surface area contributed by atoms with E-state index in [1.807, 2.05) is 30.3 Å². The number of hydrogen-bond donors (Lipinski definition) is 0. The summed E-state index contributed by atoms with van der Waals surface area (Å²) in [6.07, 6.45) is 1.57. The van der Waals surface area contributed by atoms with Crippen LogP contribution in [0.4, 0.5) is 0 Å². The van der Waals surface area contributed by atoms with Gasteiger partial charge in [-0.15, -0.1) is 0 Å². The highest BCUT2D eigenvalue weighted by atomic mass is 32.2. The van der Waals surface area contributed by atoms with Gasteiger partial charge in [-0.3, -0.25) is 0 Å². The van der Waals surface area contributed by atoms with Gasteiger partial charge in [-0.2, -0.15) is 0 Å². The van der Waals surface area contributed by atoms with Crippen molar-refractivity contribution in [1.82, 2.24) is 5.16 Å². The Morgan fingerprint density at radius 3 is 2.76 bits per heavy atom. The van der Waals surface area contributed by atoms with Crippen LogP contribution in [-0.4, -0.2) is 32.0 Å². The molecule has 1 aromatic carbocycles. The summed E-state index contributed by atoms with van der Waals surface area (Å²) in [6, 6.07) is 11.2. The van der Waals surface area contributed by atoms with Crippen LogP contribution in [-0.2, 0) is 20.3 Å². The maximum absolute atomic E-state index is 12.1. The molecule has 0 spiro atoms. The first-order valence-corrected chi connectivity index (χ1v) is 8.77. The summed E-state index contributed by atoms with van der Waals surface area (Å²) in [7, 11) is -3.23. The van der Waals surface area contributed by atoms with E-state index in [1.54, 1.807) is 6.07 Å². The van der Waals surface area contributed by atoms with Crippen LogP contribution in [0.25, 0.3) is 11.3 Å². The van der Waals surface area contributed by atoms with Gasteiger partial charge in [-0.05, 0) is 12.8 Å². The van der Waals surface area contributed by atoms with Gasteiger partial charge in [0.25, 0.3) is 0 Å². The molecule has 1 atom stereocenters. The number of hydrogen-bond acceptors (Lipinski definition) is 5. The van der Waals surface area contributed by atoms with E-state index in [0.29, 0.717) is 18.1 Å². The summed E-state index contributed by atoms with van der Waals surface area (Å²) >= 11 is 0. The van der Waals surface area contributed by atoms with E-state index in [2.05, 4.69) is 5.16 Å². The first-order valence-electron chi connectivity index (χ1n) is 6.95. The van der Waals surface area contributed by atoms with Gasteiger partial charge in [0.05, 0.1) is 23.3 Å². The fraction of sp³-hybridized carbons (Fsp3) is 0.400. The monoisotopic (exact) mass is 307 g/mol. The Morgan fingerprint density at radius 2 is 2.05 bits per heavy atom. The predicted octanol–water partition coefficient (Wildman–Crippen LogP) is 2.44. The molecule has 3 rings (SSSR count). The van der Waals surface area contributed by atoms with Crippen LogP contribution in [0.15, 0.2) is 40.9 Å². The van der Waals surface area contributed by atoms with Gasteiger partial charge in [0.1, 0.15) is 0 Å². The van der Waals surface area contributed by atoms with Gasteiger partial charge in [0, 0.05) is 18.2 Å². The molecule has 5 nitrogen and oxygen atoms in total. The van der Waals surface area contributed by atoms with Crippen molar-refractivity contribution in [2.45, 2.75) is 24.7 Å². The number of aromatic nitrogens is 1. The predicted molar refractivity (Wildman–Crippen MR) is 78.4 cm³/mol. The van der Waals surface area contributed by atoms with Crippen molar-refractivity contribution in [3.05, 3.63) is 42.1 Å². The molecule has 1 saturated heterocycles. The second-order valence-corrected chi connectivity index (χ2v) is 7.35. The van der Waals surface area contributed by atoms with Crippen molar-refractivity contribution in [2.24, 2.45) is 0 Å². The van der Waals surface area contributed by atoms with Crippen LogP contribution in [0.3, 0.4) is 0 Å². The molecule has 2 heterocycles. The van der Waals surface area contributed by atoms with Gasteiger partial charge >= 0.3 is 0 Å². The third-order valence-electron chi connectivity index (χ3n) is 3.45. The van der Waals surface area contributed by atoms with Gasteiger partial charge < -0.3 is 9.26 Å². The minimum absolute atomic E-state index is 0.0561. The number of nitrogens with zero attached hydrogens (tertiary/aromatic N) is 1. The van der Waals surface area contributed by atoms with E-state index >= 15 is 0 Å². The zero-order valence-corrected chi connectivity index (χ0v) is 12.4. The molecule has 112 valence electrons. The van der Waals surface area contributed by atoms with Crippen LogP contribution < -0.4 is 0 Å². The average molecular weight is 307 g/mol. The molecule has 1 aliphatic heterocycles. The van der Waals surface area contributed by atoms with Crippen LogP contribution in [0.5, 0.6) is 0 Å². The average Bonchev–Trinajstić information content (AvgIpc) is 3.10. The third-order valence-corrected chi connectivity index (χ3v) is 5.06. The lowest BCUT2D eigenvalue weighted by molar-refractivity contribution is 0.127. The minimum Gasteiger partial charge on any atom is -0.377 e. The molecule has 2 aromatic rings. The zero-order valence-electron chi connectivity index (χ0n) is 11.6. The third kappa shape index (κ3) is 3.71. The molecule has 21 heavy (non-hydrogen) atoms. The smallest absolute Gasteiger partial charge is 0.167 e. The fourth-order valence-electron chi connectivity index (χ4n) is 2.46. The number of benzene rings is 1. The van der Waals surface area contributed by atoms with Crippen LogP contribution in [0.1, 0.15) is 18.5 Å². The molecule has 1 fully saturated rings. The lowest BCUT2D eigenvalue weighted by atomic mass is 10.2. The molecule has 1 aromatic heterocycles. The van der Waals surface area contributed by atoms with E-state index in [1.165, 1.54) is 0 Å². The molecular weight excluding hydrogens is 290 g/mol. The Kier molecular flexibility index (Phi) is 4.07. The molecule has 0 amide bonds. The standard InChI is InChI=1S/C15H17NO4S/c17-21(18,11-14-7-4-8-19-14)10-13-9-15(20-16-13)12-5-2-1-3-6-12/h1-3,5-6,9,14H,4,7-8,10-11H2. The molecular formula is C15H17NO4S. The van der Waals surface area contributed by atoms with Crippen LogP contribution in [0.2, 0.25) is 0 Å². The van der Waals surface area contributed by atoms with E-state index in [-0.39, 0.29) is 17.6 Å².